The molecule has 0 radical (unpaired) electrons. The summed E-state index contributed by atoms with van der Waals surface area (Å²) in [6, 6.07) is 8.29. The van der Waals surface area contributed by atoms with Crippen LogP contribution in [0.5, 0.6) is 0 Å². The summed E-state index contributed by atoms with van der Waals surface area (Å²) in [6.45, 7) is 2.02. The molecule has 1 heterocycles. The molecule has 1 aliphatic rings. The molecule has 1 amide bonds. The van der Waals surface area contributed by atoms with Crippen molar-refractivity contribution >= 4 is 17.7 Å². The standard InChI is InChI=1S/C11H13NOS/c1-7-8-5-3-4-6-9(8)10(14-2)11(13)12-7/h3-7,10H,1-2H3,(H,12,13)/t7?,10-/m1/s1. The molecular weight excluding hydrogens is 194 g/mol. The number of thioether (sulfide) groups is 1. The lowest BCUT2D eigenvalue weighted by Crippen LogP contribution is -2.35. The van der Waals surface area contributed by atoms with Gasteiger partial charge in [0.2, 0.25) is 5.91 Å². The second kappa shape index (κ2) is 3.65. The van der Waals surface area contributed by atoms with E-state index in [0.29, 0.717) is 0 Å². The molecule has 0 spiro atoms. The topological polar surface area (TPSA) is 29.1 Å². The predicted octanol–water partition coefficient (Wildman–Crippen LogP) is 2.28. The highest BCUT2D eigenvalue weighted by Crippen LogP contribution is 2.36. The van der Waals surface area contributed by atoms with Gasteiger partial charge in [-0.2, -0.15) is 0 Å². The number of carbonyl (C=O) groups is 1. The van der Waals surface area contributed by atoms with Crippen LogP contribution < -0.4 is 5.32 Å². The Balaban J connectivity index is 2.50. The molecule has 2 atom stereocenters. The second-order valence-corrected chi connectivity index (χ2v) is 4.42. The Kier molecular flexibility index (Phi) is 2.50. The average molecular weight is 207 g/mol. The summed E-state index contributed by atoms with van der Waals surface area (Å²) in [7, 11) is 0. The quantitative estimate of drug-likeness (QED) is 0.765. The molecule has 2 nitrogen and oxygen atoms in total. The van der Waals surface area contributed by atoms with Gasteiger partial charge in [-0.05, 0) is 24.3 Å². The highest BCUT2D eigenvalue weighted by molar-refractivity contribution is 7.99. The zero-order valence-corrected chi connectivity index (χ0v) is 9.10. The van der Waals surface area contributed by atoms with E-state index in [4.69, 9.17) is 0 Å². The van der Waals surface area contributed by atoms with Gasteiger partial charge in [0.1, 0.15) is 5.25 Å². The Morgan fingerprint density at radius 3 is 2.57 bits per heavy atom. The highest BCUT2D eigenvalue weighted by Gasteiger charge is 2.29. The predicted molar refractivity (Wildman–Crippen MR) is 59.3 cm³/mol. The summed E-state index contributed by atoms with van der Waals surface area (Å²) < 4.78 is 0. The number of benzene rings is 1. The van der Waals surface area contributed by atoms with Gasteiger partial charge in [0.05, 0.1) is 6.04 Å². The van der Waals surface area contributed by atoms with Gasteiger partial charge in [0.15, 0.2) is 0 Å². The summed E-state index contributed by atoms with van der Waals surface area (Å²) in [5.74, 6) is 0.128. The van der Waals surface area contributed by atoms with E-state index < -0.39 is 0 Å². The molecule has 2 rings (SSSR count). The number of hydrogen-bond acceptors (Lipinski definition) is 2. The summed E-state index contributed by atoms with van der Waals surface area (Å²) in [6.07, 6.45) is 1.97. The van der Waals surface area contributed by atoms with Crippen LogP contribution in [0.2, 0.25) is 0 Å². The minimum atomic E-state index is -0.0394. The first-order valence-electron chi connectivity index (χ1n) is 4.66. The fourth-order valence-electron chi connectivity index (χ4n) is 1.89. The van der Waals surface area contributed by atoms with Crippen LogP contribution in [-0.4, -0.2) is 12.2 Å². The molecule has 0 aliphatic carbocycles. The minimum absolute atomic E-state index is 0.0394. The molecule has 0 aromatic heterocycles. The van der Waals surface area contributed by atoms with Crippen LogP contribution >= 0.6 is 11.8 Å². The van der Waals surface area contributed by atoms with Gasteiger partial charge in [-0.3, -0.25) is 4.79 Å². The average Bonchev–Trinajstić information content (AvgIpc) is 2.18. The summed E-state index contributed by atoms with van der Waals surface area (Å²) in [5.41, 5.74) is 2.41. The molecule has 0 saturated heterocycles. The lowest BCUT2D eigenvalue weighted by molar-refractivity contribution is -0.121. The Morgan fingerprint density at radius 1 is 1.29 bits per heavy atom. The molecule has 3 heteroatoms. The van der Waals surface area contributed by atoms with Crippen molar-refractivity contribution in [2.45, 2.75) is 18.2 Å². The van der Waals surface area contributed by atoms with Crippen molar-refractivity contribution in [1.82, 2.24) is 5.32 Å². The lowest BCUT2D eigenvalue weighted by atomic mass is 9.95. The third-order valence-corrected chi connectivity index (χ3v) is 3.52. The number of amides is 1. The van der Waals surface area contributed by atoms with Crippen molar-refractivity contribution in [3.8, 4) is 0 Å². The van der Waals surface area contributed by atoms with Gasteiger partial charge in [-0.15, -0.1) is 11.8 Å². The van der Waals surface area contributed by atoms with Gasteiger partial charge >= 0.3 is 0 Å². The van der Waals surface area contributed by atoms with Crippen LogP contribution in [0.15, 0.2) is 24.3 Å². The Bertz CT molecular complexity index is 364. The van der Waals surface area contributed by atoms with E-state index in [2.05, 4.69) is 11.4 Å². The van der Waals surface area contributed by atoms with Gasteiger partial charge < -0.3 is 5.32 Å². The Labute approximate surface area is 88.1 Å². The first kappa shape index (κ1) is 9.59. The van der Waals surface area contributed by atoms with Crippen LogP contribution in [0.25, 0.3) is 0 Å². The third kappa shape index (κ3) is 1.42. The first-order chi connectivity index (χ1) is 6.74. The fraction of sp³-hybridized carbons (Fsp3) is 0.364. The largest absolute Gasteiger partial charge is 0.348 e. The molecule has 1 unspecified atom stereocenters. The minimum Gasteiger partial charge on any atom is -0.348 e. The van der Waals surface area contributed by atoms with E-state index in [1.807, 2.05) is 31.4 Å². The van der Waals surface area contributed by atoms with E-state index >= 15 is 0 Å². The van der Waals surface area contributed by atoms with Crippen molar-refractivity contribution in [2.75, 3.05) is 6.26 Å². The number of carbonyl (C=O) groups excluding carboxylic acids is 1. The van der Waals surface area contributed by atoms with Gasteiger partial charge in [-0.25, -0.2) is 0 Å². The highest BCUT2D eigenvalue weighted by atomic mass is 32.2. The molecular formula is C11H13NOS. The Hall–Kier alpha value is -0.960. The maximum Gasteiger partial charge on any atom is 0.238 e. The molecule has 0 bridgehead atoms. The molecule has 1 aromatic carbocycles. The lowest BCUT2D eigenvalue weighted by Gasteiger charge is -2.28. The van der Waals surface area contributed by atoms with Gasteiger partial charge in [0.25, 0.3) is 0 Å². The van der Waals surface area contributed by atoms with Crippen molar-refractivity contribution in [3.63, 3.8) is 0 Å². The molecule has 14 heavy (non-hydrogen) atoms. The first-order valence-corrected chi connectivity index (χ1v) is 5.95. The summed E-state index contributed by atoms with van der Waals surface area (Å²) in [5, 5.41) is 2.94. The van der Waals surface area contributed by atoms with Crippen LogP contribution in [-0.2, 0) is 4.79 Å². The number of fused-ring (bicyclic) bond motifs is 1. The van der Waals surface area contributed by atoms with Gasteiger partial charge in [-0.1, -0.05) is 24.3 Å². The van der Waals surface area contributed by atoms with Crippen LogP contribution in [0.3, 0.4) is 0 Å². The molecule has 1 aliphatic heterocycles. The van der Waals surface area contributed by atoms with E-state index in [0.717, 1.165) is 5.56 Å². The zero-order chi connectivity index (χ0) is 10.1. The molecule has 1 N–H and O–H groups in total. The monoisotopic (exact) mass is 207 g/mol. The zero-order valence-electron chi connectivity index (χ0n) is 8.28. The van der Waals surface area contributed by atoms with Crippen molar-refractivity contribution in [2.24, 2.45) is 0 Å². The summed E-state index contributed by atoms with van der Waals surface area (Å²) >= 11 is 1.59. The van der Waals surface area contributed by atoms with Crippen molar-refractivity contribution in [1.29, 1.82) is 0 Å². The van der Waals surface area contributed by atoms with E-state index in [9.17, 15) is 4.79 Å². The van der Waals surface area contributed by atoms with E-state index in [1.54, 1.807) is 11.8 Å². The van der Waals surface area contributed by atoms with Crippen LogP contribution in [0.1, 0.15) is 29.3 Å². The molecule has 74 valence electrons. The fourth-order valence-corrected chi connectivity index (χ4v) is 2.64. The second-order valence-electron chi connectivity index (χ2n) is 3.47. The van der Waals surface area contributed by atoms with Gasteiger partial charge in [0, 0.05) is 0 Å². The SMILES string of the molecule is CS[C@H]1C(=O)NC(C)c2ccccc21. The number of nitrogens with one attached hydrogen (secondary N) is 1. The maximum absolute atomic E-state index is 11.7. The summed E-state index contributed by atoms with van der Waals surface area (Å²) in [4.78, 5) is 11.7. The molecule has 1 aromatic rings. The molecule has 0 fully saturated rings. The van der Waals surface area contributed by atoms with Crippen LogP contribution in [0, 0.1) is 0 Å². The number of hydrogen-bond donors (Lipinski definition) is 1. The normalized spacial score (nSPS) is 25.4. The number of rotatable bonds is 1. The maximum atomic E-state index is 11.7. The smallest absolute Gasteiger partial charge is 0.238 e. The van der Waals surface area contributed by atoms with E-state index in [1.165, 1.54) is 5.56 Å². The van der Waals surface area contributed by atoms with Crippen molar-refractivity contribution in [3.05, 3.63) is 35.4 Å². The molecule has 0 saturated carbocycles. The Morgan fingerprint density at radius 2 is 1.93 bits per heavy atom. The third-order valence-electron chi connectivity index (χ3n) is 2.58. The van der Waals surface area contributed by atoms with Crippen LogP contribution in [0.4, 0.5) is 0 Å². The van der Waals surface area contributed by atoms with E-state index in [-0.39, 0.29) is 17.2 Å². The van der Waals surface area contributed by atoms with Crippen molar-refractivity contribution < 1.29 is 4.79 Å².